The van der Waals surface area contributed by atoms with Gasteiger partial charge in [0.15, 0.2) is 0 Å². The molecule has 1 atom stereocenters. The number of rotatable bonds is 6. The number of sulfonamides is 1. The molecule has 0 spiro atoms. The number of fused-ring (bicyclic) bond motifs is 1. The summed E-state index contributed by atoms with van der Waals surface area (Å²) in [6.07, 6.45) is 2.36. The van der Waals surface area contributed by atoms with Crippen LogP contribution in [0.3, 0.4) is 0 Å². The van der Waals surface area contributed by atoms with E-state index in [9.17, 15) is 13.2 Å². The van der Waals surface area contributed by atoms with Gasteiger partial charge in [0.05, 0.1) is 16.1 Å². The Morgan fingerprint density at radius 3 is 2.48 bits per heavy atom. The quantitative estimate of drug-likeness (QED) is 0.681. The molecule has 27 heavy (non-hydrogen) atoms. The van der Waals surface area contributed by atoms with E-state index in [1.165, 1.54) is 24.3 Å². The highest BCUT2D eigenvalue weighted by atomic mass is 32.2. The summed E-state index contributed by atoms with van der Waals surface area (Å²) in [4.78, 5) is 17.0. The molecule has 3 aromatic rings. The van der Waals surface area contributed by atoms with Gasteiger partial charge in [0.1, 0.15) is 0 Å². The molecule has 0 saturated heterocycles. The molecule has 0 aliphatic rings. The van der Waals surface area contributed by atoms with Crippen LogP contribution in [0.15, 0.2) is 65.7 Å². The Morgan fingerprint density at radius 2 is 1.78 bits per heavy atom. The molecule has 0 saturated carbocycles. The summed E-state index contributed by atoms with van der Waals surface area (Å²) in [7, 11) is -3.59. The SMILES string of the molecule is CCC(C)NS(=O)(=O)c1ccc(C(=O)Nc2cccc3cccnc23)cc1. The normalized spacial score (nSPS) is 12.7. The molecule has 7 heteroatoms. The van der Waals surface area contributed by atoms with Crippen LogP contribution >= 0.6 is 0 Å². The second-order valence-electron chi connectivity index (χ2n) is 6.29. The molecule has 1 unspecified atom stereocenters. The number of pyridine rings is 1. The number of hydrogen-bond acceptors (Lipinski definition) is 4. The first-order chi connectivity index (χ1) is 12.9. The molecule has 0 radical (unpaired) electrons. The third-order valence-corrected chi connectivity index (χ3v) is 5.88. The van der Waals surface area contributed by atoms with Crippen LogP contribution in [0.1, 0.15) is 30.6 Å². The first kappa shape index (κ1) is 19.0. The van der Waals surface area contributed by atoms with Crippen LogP contribution in [0.4, 0.5) is 5.69 Å². The number of nitrogens with one attached hydrogen (secondary N) is 2. The number of carbonyl (C=O) groups excluding carboxylic acids is 1. The zero-order chi connectivity index (χ0) is 19.4. The number of nitrogens with zero attached hydrogens (tertiary/aromatic N) is 1. The molecule has 0 fully saturated rings. The highest BCUT2D eigenvalue weighted by molar-refractivity contribution is 7.89. The van der Waals surface area contributed by atoms with Gasteiger partial charge < -0.3 is 5.32 Å². The molecule has 1 heterocycles. The van der Waals surface area contributed by atoms with Gasteiger partial charge in [-0.25, -0.2) is 13.1 Å². The fourth-order valence-corrected chi connectivity index (χ4v) is 3.93. The van der Waals surface area contributed by atoms with Crippen molar-refractivity contribution in [1.29, 1.82) is 0 Å². The van der Waals surface area contributed by atoms with Gasteiger partial charge in [0.2, 0.25) is 10.0 Å². The van der Waals surface area contributed by atoms with Crippen molar-refractivity contribution in [2.45, 2.75) is 31.2 Å². The molecule has 2 N–H and O–H groups in total. The maximum absolute atomic E-state index is 12.5. The van der Waals surface area contributed by atoms with Crippen LogP contribution in [-0.4, -0.2) is 25.4 Å². The molecule has 2 aromatic carbocycles. The summed E-state index contributed by atoms with van der Waals surface area (Å²) < 4.78 is 27.2. The predicted octanol–water partition coefficient (Wildman–Crippen LogP) is 3.56. The second-order valence-corrected chi connectivity index (χ2v) is 8.00. The van der Waals surface area contributed by atoms with E-state index in [1.54, 1.807) is 19.2 Å². The van der Waals surface area contributed by atoms with Crippen molar-refractivity contribution < 1.29 is 13.2 Å². The third kappa shape index (κ3) is 4.32. The van der Waals surface area contributed by atoms with Gasteiger partial charge in [-0.05, 0) is 49.7 Å². The standard InChI is InChI=1S/C20H21N3O3S/c1-3-14(2)23-27(25,26)17-11-9-16(10-12-17)20(24)22-18-8-4-6-15-7-5-13-21-19(15)18/h4-14,23H,3H2,1-2H3,(H,22,24). The van der Waals surface area contributed by atoms with E-state index in [2.05, 4.69) is 15.0 Å². The van der Waals surface area contributed by atoms with E-state index < -0.39 is 10.0 Å². The summed E-state index contributed by atoms with van der Waals surface area (Å²) in [6.45, 7) is 3.71. The number of anilines is 1. The van der Waals surface area contributed by atoms with E-state index in [1.807, 2.05) is 31.2 Å². The lowest BCUT2D eigenvalue weighted by molar-refractivity contribution is 0.102. The number of hydrogen-bond donors (Lipinski definition) is 2. The van der Waals surface area contributed by atoms with Gasteiger partial charge in [-0.3, -0.25) is 9.78 Å². The zero-order valence-electron chi connectivity index (χ0n) is 15.1. The number of carbonyl (C=O) groups is 1. The predicted molar refractivity (Wildman–Crippen MR) is 106 cm³/mol. The molecule has 1 aromatic heterocycles. The van der Waals surface area contributed by atoms with Gasteiger partial charge in [-0.15, -0.1) is 0 Å². The molecule has 0 aliphatic carbocycles. The minimum atomic E-state index is -3.59. The van der Waals surface area contributed by atoms with Crippen LogP contribution in [0.25, 0.3) is 10.9 Å². The Labute approximate surface area is 158 Å². The lowest BCUT2D eigenvalue weighted by atomic mass is 10.1. The Balaban J connectivity index is 1.80. The average Bonchev–Trinajstić information content (AvgIpc) is 2.68. The van der Waals surface area contributed by atoms with Crippen molar-refractivity contribution in [2.75, 3.05) is 5.32 Å². The van der Waals surface area contributed by atoms with Gasteiger partial charge in [0.25, 0.3) is 5.91 Å². The molecule has 0 bridgehead atoms. The van der Waals surface area contributed by atoms with Crippen molar-refractivity contribution in [3.05, 3.63) is 66.4 Å². The maximum Gasteiger partial charge on any atom is 0.255 e. The van der Waals surface area contributed by atoms with Crippen molar-refractivity contribution in [3.8, 4) is 0 Å². The summed E-state index contributed by atoms with van der Waals surface area (Å²) in [6, 6.07) is 15.0. The largest absolute Gasteiger partial charge is 0.320 e. The lowest BCUT2D eigenvalue weighted by Gasteiger charge is -2.12. The van der Waals surface area contributed by atoms with Gasteiger partial charge in [0, 0.05) is 23.2 Å². The van der Waals surface area contributed by atoms with Crippen LogP contribution in [0.5, 0.6) is 0 Å². The summed E-state index contributed by atoms with van der Waals surface area (Å²) in [5.74, 6) is -0.327. The van der Waals surface area contributed by atoms with Gasteiger partial charge in [-0.2, -0.15) is 0 Å². The Hall–Kier alpha value is -2.77. The van der Waals surface area contributed by atoms with Crippen LogP contribution < -0.4 is 10.0 Å². The molecular formula is C20H21N3O3S. The smallest absolute Gasteiger partial charge is 0.255 e. The monoisotopic (exact) mass is 383 g/mol. The molecule has 0 aliphatic heterocycles. The average molecular weight is 383 g/mol. The summed E-state index contributed by atoms with van der Waals surface area (Å²) >= 11 is 0. The summed E-state index contributed by atoms with van der Waals surface area (Å²) in [5.41, 5.74) is 1.67. The van der Waals surface area contributed by atoms with E-state index in [4.69, 9.17) is 0 Å². The zero-order valence-corrected chi connectivity index (χ0v) is 16.0. The minimum absolute atomic E-state index is 0.131. The lowest BCUT2D eigenvalue weighted by Crippen LogP contribution is -2.32. The second kappa shape index (κ2) is 7.85. The summed E-state index contributed by atoms with van der Waals surface area (Å²) in [5, 5.41) is 3.76. The molecule has 140 valence electrons. The maximum atomic E-state index is 12.5. The molecule has 1 amide bonds. The van der Waals surface area contributed by atoms with Crippen LogP contribution in [-0.2, 0) is 10.0 Å². The Bertz CT molecular complexity index is 1060. The number of benzene rings is 2. The fourth-order valence-electron chi connectivity index (χ4n) is 2.60. The molecule has 6 nitrogen and oxygen atoms in total. The molecule has 3 rings (SSSR count). The topological polar surface area (TPSA) is 88.2 Å². The van der Waals surface area contributed by atoms with Crippen molar-refractivity contribution >= 4 is 32.5 Å². The Morgan fingerprint density at radius 1 is 1.07 bits per heavy atom. The van der Waals surface area contributed by atoms with Crippen molar-refractivity contribution in [2.24, 2.45) is 0 Å². The highest BCUT2D eigenvalue weighted by Crippen LogP contribution is 2.21. The van der Waals surface area contributed by atoms with E-state index in [-0.39, 0.29) is 16.8 Å². The third-order valence-electron chi connectivity index (χ3n) is 4.28. The molecular weight excluding hydrogens is 362 g/mol. The van der Waals surface area contributed by atoms with Crippen LogP contribution in [0, 0.1) is 0 Å². The fraction of sp³-hybridized carbons (Fsp3) is 0.200. The van der Waals surface area contributed by atoms with Gasteiger partial charge in [-0.1, -0.05) is 25.1 Å². The number of para-hydroxylation sites is 1. The van der Waals surface area contributed by atoms with Gasteiger partial charge >= 0.3 is 0 Å². The Kier molecular flexibility index (Phi) is 5.53. The van der Waals surface area contributed by atoms with E-state index in [0.717, 1.165) is 5.39 Å². The number of amides is 1. The van der Waals surface area contributed by atoms with E-state index in [0.29, 0.717) is 23.2 Å². The highest BCUT2D eigenvalue weighted by Gasteiger charge is 2.17. The first-order valence-corrected chi connectivity index (χ1v) is 10.2. The first-order valence-electron chi connectivity index (χ1n) is 8.68. The van der Waals surface area contributed by atoms with Crippen molar-refractivity contribution in [3.63, 3.8) is 0 Å². The number of aromatic nitrogens is 1. The minimum Gasteiger partial charge on any atom is -0.320 e. The van der Waals surface area contributed by atoms with E-state index >= 15 is 0 Å². The van der Waals surface area contributed by atoms with Crippen molar-refractivity contribution in [1.82, 2.24) is 9.71 Å². The van der Waals surface area contributed by atoms with Crippen LogP contribution in [0.2, 0.25) is 0 Å².